The van der Waals surface area contributed by atoms with Gasteiger partial charge in [-0.2, -0.15) is 0 Å². The fourth-order valence-electron chi connectivity index (χ4n) is 2.05. The highest BCUT2D eigenvalue weighted by molar-refractivity contribution is 8.00. The third-order valence-electron chi connectivity index (χ3n) is 3.32. The Labute approximate surface area is 136 Å². The molecule has 2 aromatic rings. The second kappa shape index (κ2) is 7.90. The van der Waals surface area contributed by atoms with E-state index in [9.17, 15) is 4.79 Å². The normalized spacial score (nSPS) is 11.8. The number of ether oxygens (including phenoxy) is 1. The van der Waals surface area contributed by atoms with Gasteiger partial charge >= 0.3 is 0 Å². The molecule has 0 aliphatic carbocycles. The summed E-state index contributed by atoms with van der Waals surface area (Å²) in [6.07, 6.45) is 0.750. The summed E-state index contributed by atoms with van der Waals surface area (Å²) in [7, 11) is 1.65. The largest absolute Gasteiger partial charge is 0.496 e. The summed E-state index contributed by atoms with van der Waals surface area (Å²) in [5.41, 5.74) is 2.00. The lowest BCUT2D eigenvalue weighted by atomic mass is 10.2. The Hall–Kier alpha value is -1.94. The maximum atomic E-state index is 12.5. The molecule has 0 aliphatic heterocycles. The van der Waals surface area contributed by atoms with Gasteiger partial charge in [0.05, 0.1) is 17.3 Å². The van der Waals surface area contributed by atoms with Gasteiger partial charge in [-0.25, -0.2) is 0 Å². The Kier molecular flexibility index (Phi) is 5.90. The third-order valence-corrected chi connectivity index (χ3v) is 4.74. The summed E-state index contributed by atoms with van der Waals surface area (Å²) < 4.78 is 5.35. The molecule has 0 spiro atoms. The standard InChI is InChI=1S/C18H21NO2S/c1-4-16(22-17-8-6-5-7-15(17)21-3)18(20)19-14-11-9-13(2)10-12-14/h5-12,16H,4H2,1-3H3,(H,19,20). The molecule has 22 heavy (non-hydrogen) atoms. The fourth-order valence-corrected chi connectivity index (χ4v) is 3.12. The zero-order valence-corrected chi connectivity index (χ0v) is 13.9. The molecule has 116 valence electrons. The van der Waals surface area contributed by atoms with E-state index in [1.807, 2.05) is 62.4 Å². The lowest BCUT2D eigenvalue weighted by Gasteiger charge is -2.16. The van der Waals surface area contributed by atoms with Gasteiger partial charge in [-0.3, -0.25) is 4.79 Å². The Bertz CT molecular complexity index is 625. The third kappa shape index (κ3) is 4.28. The predicted molar refractivity (Wildman–Crippen MR) is 92.7 cm³/mol. The molecular formula is C18H21NO2S. The van der Waals surface area contributed by atoms with Gasteiger partial charge in [0.25, 0.3) is 0 Å². The van der Waals surface area contributed by atoms with Crippen molar-refractivity contribution in [2.45, 2.75) is 30.4 Å². The van der Waals surface area contributed by atoms with Crippen molar-refractivity contribution in [2.75, 3.05) is 12.4 Å². The number of hydrogen-bond acceptors (Lipinski definition) is 3. The Morgan fingerprint density at radius 1 is 1.18 bits per heavy atom. The number of thioether (sulfide) groups is 1. The lowest BCUT2D eigenvalue weighted by molar-refractivity contribution is -0.115. The van der Waals surface area contributed by atoms with E-state index < -0.39 is 0 Å². The smallest absolute Gasteiger partial charge is 0.237 e. The quantitative estimate of drug-likeness (QED) is 0.797. The van der Waals surface area contributed by atoms with E-state index in [4.69, 9.17) is 4.74 Å². The van der Waals surface area contributed by atoms with Gasteiger partial charge in [0.1, 0.15) is 5.75 Å². The van der Waals surface area contributed by atoms with Crippen LogP contribution in [0.3, 0.4) is 0 Å². The maximum Gasteiger partial charge on any atom is 0.237 e. The summed E-state index contributed by atoms with van der Waals surface area (Å²) in [6.45, 7) is 4.04. The first-order valence-corrected chi connectivity index (χ1v) is 8.19. The minimum atomic E-state index is -0.155. The summed E-state index contributed by atoms with van der Waals surface area (Å²) >= 11 is 1.53. The van der Waals surface area contributed by atoms with Crippen LogP contribution in [0, 0.1) is 6.92 Å². The number of nitrogens with one attached hydrogen (secondary N) is 1. The van der Waals surface area contributed by atoms with Crippen LogP contribution in [0.1, 0.15) is 18.9 Å². The molecule has 2 aromatic carbocycles. The molecule has 0 bridgehead atoms. The maximum absolute atomic E-state index is 12.5. The highest BCUT2D eigenvalue weighted by Crippen LogP contribution is 2.33. The molecule has 1 unspecified atom stereocenters. The molecule has 1 amide bonds. The SMILES string of the molecule is CCC(Sc1ccccc1OC)C(=O)Nc1ccc(C)cc1. The predicted octanol–water partition coefficient (Wildman–Crippen LogP) is 4.51. The highest BCUT2D eigenvalue weighted by atomic mass is 32.2. The van der Waals surface area contributed by atoms with Crippen LogP contribution in [0.5, 0.6) is 5.75 Å². The van der Waals surface area contributed by atoms with Crippen molar-refractivity contribution in [2.24, 2.45) is 0 Å². The summed E-state index contributed by atoms with van der Waals surface area (Å²) in [6, 6.07) is 15.6. The van der Waals surface area contributed by atoms with E-state index in [2.05, 4.69) is 5.32 Å². The summed E-state index contributed by atoms with van der Waals surface area (Å²) in [5, 5.41) is 2.82. The van der Waals surface area contributed by atoms with Crippen LogP contribution in [0.15, 0.2) is 53.4 Å². The lowest BCUT2D eigenvalue weighted by Crippen LogP contribution is -2.24. The van der Waals surface area contributed by atoms with E-state index >= 15 is 0 Å². The molecule has 0 heterocycles. The second-order valence-corrected chi connectivity index (χ2v) is 6.27. The Balaban J connectivity index is 2.07. The van der Waals surface area contributed by atoms with Crippen LogP contribution in [0.25, 0.3) is 0 Å². The average Bonchev–Trinajstić information content (AvgIpc) is 2.55. The molecule has 0 saturated carbocycles. The van der Waals surface area contributed by atoms with Crippen LogP contribution < -0.4 is 10.1 Å². The number of amides is 1. The average molecular weight is 315 g/mol. The van der Waals surface area contributed by atoms with Crippen molar-refractivity contribution in [3.8, 4) is 5.75 Å². The van der Waals surface area contributed by atoms with Crippen LogP contribution in [0.4, 0.5) is 5.69 Å². The van der Waals surface area contributed by atoms with Gasteiger partial charge in [0.15, 0.2) is 0 Å². The zero-order valence-electron chi connectivity index (χ0n) is 13.1. The topological polar surface area (TPSA) is 38.3 Å². The van der Waals surface area contributed by atoms with Crippen LogP contribution in [-0.4, -0.2) is 18.3 Å². The van der Waals surface area contributed by atoms with Gasteiger partial charge in [0.2, 0.25) is 5.91 Å². The summed E-state index contributed by atoms with van der Waals surface area (Å²) in [5.74, 6) is 0.816. The number of carbonyl (C=O) groups is 1. The molecule has 3 nitrogen and oxygen atoms in total. The molecule has 2 rings (SSSR count). The molecule has 0 saturated heterocycles. The van der Waals surface area contributed by atoms with E-state index in [1.54, 1.807) is 7.11 Å². The first-order chi connectivity index (χ1) is 10.6. The van der Waals surface area contributed by atoms with Gasteiger partial charge in [0, 0.05) is 5.69 Å². The Morgan fingerprint density at radius 3 is 2.50 bits per heavy atom. The zero-order chi connectivity index (χ0) is 15.9. The van der Waals surface area contributed by atoms with Crippen molar-refractivity contribution in [1.29, 1.82) is 0 Å². The van der Waals surface area contributed by atoms with Gasteiger partial charge in [-0.1, -0.05) is 36.8 Å². The van der Waals surface area contributed by atoms with Crippen LogP contribution >= 0.6 is 11.8 Å². The first-order valence-electron chi connectivity index (χ1n) is 7.31. The molecule has 0 radical (unpaired) electrons. The van der Waals surface area contributed by atoms with Crippen molar-refractivity contribution in [3.05, 3.63) is 54.1 Å². The van der Waals surface area contributed by atoms with Crippen molar-refractivity contribution >= 4 is 23.4 Å². The minimum Gasteiger partial charge on any atom is -0.496 e. The minimum absolute atomic E-state index is 0.0160. The second-order valence-electron chi connectivity index (χ2n) is 5.02. The number of rotatable bonds is 6. The first kappa shape index (κ1) is 16.4. The van der Waals surface area contributed by atoms with E-state index in [1.165, 1.54) is 17.3 Å². The number of anilines is 1. The molecule has 0 aromatic heterocycles. The summed E-state index contributed by atoms with van der Waals surface area (Å²) in [4.78, 5) is 13.4. The number of aryl methyl sites for hydroxylation is 1. The number of benzene rings is 2. The highest BCUT2D eigenvalue weighted by Gasteiger charge is 2.19. The monoisotopic (exact) mass is 315 g/mol. The number of hydrogen-bond donors (Lipinski definition) is 1. The molecule has 1 atom stereocenters. The van der Waals surface area contributed by atoms with Crippen molar-refractivity contribution in [1.82, 2.24) is 0 Å². The number of carbonyl (C=O) groups excluding carboxylic acids is 1. The fraction of sp³-hybridized carbons (Fsp3) is 0.278. The Morgan fingerprint density at radius 2 is 1.86 bits per heavy atom. The molecular weight excluding hydrogens is 294 g/mol. The number of methoxy groups -OCH3 is 1. The van der Waals surface area contributed by atoms with Crippen LogP contribution in [-0.2, 0) is 4.79 Å². The van der Waals surface area contributed by atoms with Gasteiger partial charge in [-0.05, 0) is 37.6 Å². The molecule has 0 fully saturated rings. The molecule has 0 aliphatic rings. The van der Waals surface area contributed by atoms with Gasteiger partial charge < -0.3 is 10.1 Å². The van der Waals surface area contributed by atoms with Crippen molar-refractivity contribution < 1.29 is 9.53 Å². The number of para-hydroxylation sites is 1. The van der Waals surface area contributed by atoms with E-state index in [0.29, 0.717) is 0 Å². The van der Waals surface area contributed by atoms with E-state index in [0.717, 1.165) is 22.8 Å². The van der Waals surface area contributed by atoms with Crippen LogP contribution in [0.2, 0.25) is 0 Å². The molecule has 4 heteroatoms. The van der Waals surface area contributed by atoms with Crippen molar-refractivity contribution in [3.63, 3.8) is 0 Å². The van der Waals surface area contributed by atoms with Gasteiger partial charge in [-0.15, -0.1) is 11.8 Å². The van der Waals surface area contributed by atoms with E-state index in [-0.39, 0.29) is 11.2 Å². The molecule has 1 N–H and O–H groups in total.